The molecule has 1 aromatic carbocycles. The van der Waals surface area contributed by atoms with Gasteiger partial charge in [-0.2, -0.15) is 0 Å². The summed E-state index contributed by atoms with van der Waals surface area (Å²) in [6.07, 6.45) is 2.53. The Morgan fingerprint density at radius 1 is 1.25 bits per heavy atom. The largest absolute Gasteiger partial charge is 0.369 e. The third-order valence-corrected chi connectivity index (χ3v) is 5.20. The van der Waals surface area contributed by atoms with Crippen molar-refractivity contribution in [3.63, 3.8) is 0 Å². The number of piperazine rings is 1. The van der Waals surface area contributed by atoms with Crippen LogP contribution in [0.3, 0.4) is 0 Å². The molecule has 4 heteroatoms. The fourth-order valence-corrected chi connectivity index (χ4v) is 4.09. The summed E-state index contributed by atoms with van der Waals surface area (Å²) in [6.45, 7) is 7.48. The Labute approximate surface area is 126 Å². The molecule has 0 amide bonds. The van der Waals surface area contributed by atoms with Crippen molar-refractivity contribution < 1.29 is 0 Å². The number of rotatable bonds is 3. The van der Waals surface area contributed by atoms with Gasteiger partial charge in [-0.15, -0.1) is 0 Å². The first-order chi connectivity index (χ1) is 9.63. The van der Waals surface area contributed by atoms with Gasteiger partial charge in [0.15, 0.2) is 0 Å². The molecular weight excluding hydrogens is 270 g/mol. The minimum absolute atomic E-state index is 0.292. The summed E-state index contributed by atoms with van der Waals surface area (Å²) < 4.78 is 0. The first-order valence-electron chi connectivity index (χ1n) is 7.59. The molecule has 2 N–H and O–H groups in total. The number of halogens is 1. The first kappa shape index (κ1) is 14.2. The summed E-state index contributed by atoms with van der Waals surface area (Å²) >= 11 is 6.08. The average Bonchev–Trinajstić information content (AvgIpc) is 2.44. The van der Waals surface area contributed by atoms with Crippen molar-refractivity contribution in [2.24, 2.45) is 11.7 Å². The van der Waals surface area contributed by atoms with Gasteiger partial charge in [-0.25, -0.2) is 0 Å². The van der Waals surface area contributed by atoms with Crippen molar-refractivity contribution in [1.29, 1.82) is 0 Å². The van der Waals surface area contributed by atoms with E-state index in [4.69, 9.17) is 17.3 Å². The number of benzene rings is 1. The number of nitrogens with two attached hydrogens (primary N) is 1. The lowest BCUT2D eigenvalue weighted by atomic mass is 9.68. The van der Waals surface area contributed by atoms with Gasteiger partial charge in [-0.05, 0) is 37.0 Å². The number of nitrogens with zero attached hydrogens (tertiary/aromatic N) is 2. The molecule has 0 spiro atoms. The summed E-state index contributed by atoms with van der Waals surface area (Å²) in [5.41, 5.74) is 7.58. The van der Waals surface area contributed by atoms with E-state index in [-0.39, 0.29) is 0 Å². The van der Waals surface area contributed by atoms with Crippen molar-refractivity contribution in [2.75, 3.05) is 37.6 Å². The van der Waals surface area contributed by atoms with Crippen molar-refractivity contribution in [3.8, 4) is 0 Å². The second-order valence-corrected chi connectivity index (χ2v) is 6.83. The van der Waals surface area contributed by atoms with Crippen molar-refractivity contribution in [3.05, 3.63) is 29.3 Å². The van der Waals surface area contributed by atoms with Gasteiger partial charge in [0.1, 0.15) is 0 Å². The smallest absolute Gasteiger partial charge is 0.0426 e. The molecule has 1 aromatic rings. The summed E-state index contributed by atoms with van der Waals surface area (Å²) in [5.74, 6) is 0.838. The van der Waals surface area contributed by atoms with Gasteiger partial charge in [0, 0.05) is 49.0 Å². The van der Waals surface area contributed by atoms with E-state index in [1.807, 2.05) is 12.1 Å². The van der Waals surface area contributed by atoms with Gasteiger partial charge in [0.05, 0.1) is 0 Å². The Kier molecular flexibility index (Phi) is 3.93. The van der Waals surface area contributed by atoms with E-state index < -0.39 is 0 Å². The van der Waals surface area contributed by atoms with E-state index in [1.54, 1.807) is 0 Å². The molecule has 2 fully saturated rings. The Morgan fingerprint density at radius 2 is 1.95 bits per heavy atom. The van der Waals surface area contributed by atoms with Gasteiger partial charge in [0.2, 0.25) is 0 Å². The summed E-state index contributed by atoms with van der Waals surface area (Å²) in [7, 11) is 0. The highest BCUT2D eigenvalue weighted by atomic mass is 35.5. The standard InChI is InChI=1S/C16H24ClN3/c1-13-10-16(11-13,12-18)20-7-5-19(6-8-20)15-4-2-3-14(17)9-15/h2-4,9,13H,5-8,10-12,18H2,1H3. The van der Waals surface area contributed by atoms with Crippen molar-refractivity contribution in [2.45, 2.75) is 25.3 Å². The zero-order chi connectivity index (χ0) is 14.2. The van der Waals surface area contributed by atoms with E-state index in [0.717, 1.165) is 43.7 Å². The topological polar surface area (TPSA) is 32.5 Å². The molecule has 1 aliphatic carbocycles. The lowest BCUT2D eigenvalue weighted by Gasteiger charge is -2.55. The fraction of sp³-hybridized carbons (Fsp3) is 0.625. The van der Waals surface area contributed by atoms with Crippen molar-refractivity contribution in [1.82, 2.24) is 4.90 Å². The molecule has 1 aliphatic heterocycles. The Balaban J connectivity index is 1.62. The van der Waals surface area contributed by atoms with E-state index in [2.05, 4.69) is 28.9 Å². The SMILES string of the molecule is CC1CC(CN)(N2CCN(c3cccc(Cl)c3)CC2)C1. The number of hydrogen-bond donors (Lipinski definition) is 1. The minimum atomic E-state index is 0.292. The van der Waals surface area contributed by atoms with Gasteiger partial charge in [0.25, 0.3) is 0 Å². The maximum Gasteiger partial charge on any atom is 0.0426 e. The quantitative estimate of drug-likeness (QED) is 0.930. The third kappa shape index (κ3) is 2.54. The molecule has 1 heterocycles. The zero-order valence-electron chi connectivity index (χ0n) is 12.2. The lowest BCUT2D eigenvalue weighted by Crippen LogP contribution is -2.65. The second-order valence-electron chi connectivity index (χ2n) is 6.40. The summed E-state index contributed by atoms with van der Waals surface area (Å²) in [6, 6.07) is 8.16. The predicted octanol–water partition coefficient (Wildman–Crippen LogP) is 2.59. The van der Waals surface area contributed by atoms with Crippen LogP contribution in [0, 0.1) is 5.92 Å². The van der Waals surface area contributed by atoms with Crippen LogP contribution in [0.1, 0.15) is 19.8 Å². The zero-order valence-corrected chi connectivity index (χ0v) is 12.9. The predicted molar refractivity (Wildman–Crippen MR) is 85.4 cm³/mol. The maximum atomic E-state index is 6.08. The fourth-order valence-electron chi connectivity index (χ4n) is 3.90. The van der Waals surface area contributed by atoms with Crippen LogP contribution >= 0.6 is 11.6 Å². The highest BCUT2D eigenvalue weighted by molar-refractivity contribution is 6.30. The van der Waals surface area contributed by atoms with Gasteiger partial charge in [-0.3, -0.25) is 4.90 Å². The molecule has 2 aliphatic rings. The number of hydrogen-bond acceptors (Lipinski definition) is 3. The average molecular weight is 294 g/mol. The van der Waals surface area contributed by atoms with Gasteiger partial charge >= 0.3 is 0 Å². The van der Waals surface area contributed by atoms with E-state index >= 15 is 0 Å². The summed E-state index contributed by atoms with van der Waals surface area (Å²) in [4.78, 5) is 5.04. The molecule has 0 atom stereocenters. The highest BCUT2D eigenvalue weighted by Gasteiger charge is 2.46. The molecule has 0 radical (unpaired) electrons. The molecule has 110 valence electrons. The van der Waals surface area contributed by atoms with Crippen LogP contribution in [0.4, 0.5) is 5.69 Å². The monoisotopic (exact) mass is 293 g/mol. The Hall–Kier alpha value is -0.770. The van der Waals surface area contributed by atoms with Gasteiger partial charge < -0.3 is 10.6 Å². The maximum absolute atomic E-state index is 6.08. The molecule has 0 bridgehead atoms. The molecule has 1 saturated heterocycles. The molecule has 1 saturated carbocycles. The Bertz CT molecular complexity index is 463. The van der Waals surface area contributed by atoms with Crippen LogP contribution in [0.25, 0.3) is 0 Å². The normalized spacial score (nSPS) is 31.1. The van der Waals surface area contributed by atoms with E-state index in [0.29, 0.717) is 5.54 Å². The molecule has 20 heavy (non-hydrogen) atoms. The van der Waals surface area contributed by atoms with Gasteiger partial charge in [-0.1, -0.05) is 24.6 Å². The Morgan fingerprint density at radius 3 is 2.50 bits per heavy atom. The molecule has 3 rings (SSSR count). The van der Waals surface area contributed by atoms with Crippen LogP contribution in [-0.2, 0) is 0 Å². The second kappa shape index (κ2) is 5.55. The van der Waals surface area contributed by atoms with Crippen molar-refractivity contribution >= 4 is 17.3 Å². The molecular formula is C16H24ClN3. The van der Waals surface area contributed by atoms with Crippen LogP contribution in [0.5, 0.6) is 0 Å². The van der Waals surface area contributed by atoms with Crippen LogP contribution in [0.15, 0.2) is 24.3 Å². The minimum Gasteiger partial charge on any atom is -0.369 e. The number of anilines is 1. The van der Waals surface area contributed by atoms with E-state index in [1.165, 1.54) is 18.5 Å². The lowest BCUT2D eigenvalue weighted by molar-refractivity contribution is -0.0158. The highest BCUT2D eigenvalue weighted by Crippen LogP contribution is 2.42. The summed E-state index contributed by atoms with van der Waals surface area (Å²) in [5, 5.41) is 0.816. The van der Waals surface area contributed by atoms with Crippen LogP contribution in [-0.4, -0.2) is 43.2 Å². The third-order valence-electron chi connectivity index (χ3n) is 4.96. The molecule has 3 nitrogen and oxygen atoms in total. The van der Waals surface area contributed by atoms with Crippen LogP contribution < -0.4 is 10.6 Å². The molecule has 0 unspecified atom stereocenters. The van der Waals surface area contributed by atoms with E-state index in [9.17, 15) is 0 Å². The molecule has 0 aromatic heterocycles. The first-order valence-corrected chi connectivity index (χ1v) is 7.96. The van der Waals surface area contributed by atoms with Crippen LogP contribution in [0.2, 0.25) is 5.02 Å².